The second-order valence-corrected chi connectivity index (χ2v) is 5.59. The van der Waals surface area contributed by atoms with Gasteiger partial charge in [-0.3, -0.25) is 4.79 Å². The van der Waals surface area contributed by atoms with E-state index in [0.717, 1.165) is 24.9 Å². The zero-order valence-electron chi connectivity index (χ0n) is 11.9. The molecule has 1 aliphatic rings. The summed E-state index contributed by atoms with van der Waals surface area (Å²) in [6, 6.07) is 11.1. The molecule has 1 aliphatic heterocycles. The Morgan fingerprint density at radius 1 is 1.29 bits per heavy atom. The number of carbonyl (C=O) groups is 1. The Morgan fingerprint density at radius 2 is 2.14 bits per heavy atom. The van der Waals surface area contributed by atoms with Crippen LogP contribution in [0.3, 0.4) is 0 Å². The molecule has 1 unspecified atom stereocenters. The molecule has 4 nitrogen and oxygen atoms in total. The van der Waals surface area contributed by atoms with Crippen LogP contribution in [0, 0.1) is 5.92 Å². The summed E-state index contributed by atoms with van der Waals surface area (Å²) in [5, 5.41) is 18.1. The van der Waals surface area contributed by atoms with E-state index in [4.69, 9.17) is 0 Å². The average molecular weight is 284 g/mol. The summed E-state index contributed by atoms with van der Waals surface area (Å²) in [4.78, 5) is 12.2. The number of benzene rings is 2. The largest absolute Gasteiger partial charge is 0.506 e. The van der Waals surface area contributed by atoms with Gasteiger partial charge in [-0.1, -0.05) is 30.3 Å². The maximum absolute atomic E-state index is 12.2. The van der Waals surface area contributed by atoms with Crippen LogP contribution in [0.2, 0.25) is 0 Å². The third kappa shape index (κ3) is 3.00. The average Bonchev–Trinajstić information content (AvgIpc) is 3.01. The van der Waals surface area contributed by atoms with Crippen LogP contribution in [-0.2, 0) is 0 Å². The van der Waals surface area contributed by atoms with E-state index in [1.54, 1.807) is 6.07 Å². The smallest absolute Gasteiger partial charge is 0.255 e. The summed E-state index contributed by atoms with van der Waals surface area (Å²) in [7, 11) is 0. The van der Waals surface area contributed by atoms with Crippen molar-refractivity contribution >= 4 is 16.7 Å². The van der Waals surface area contributed by atoms with Crippen LogP contribution in [0.15, 0.2) is 36.4 Å². The van der Waals surface area contributed by atoms with E-state index in [0.29, 0.717) is 23.4 Å². The number of nitrogens with one attached hydrogen (secondary N) is 2. The van der Waals surface area contributed by atoms with Crippen molar-refractivity contribution < 1.29 is 9.90 Å². The van der Waals surface area contributed by atoms with Crippen molar-refractivity contribution in [1.29, 1.82) is 0 Å². The SMILES string of the molecule is O=C(NCCC1CCNC1)c1ccc2ccccc2c1O. The van der Waals surface area contributed by atoms with E-state index in [1.165, 1.54) is 6.42 Å². The fourth-order valence-corrected chi connectivity index (χ4v) is 2.88. The molecule has 3 rings (SSSR count). The monoisotopic (exact) mass is 284 g/mol. The van der Waals surface area contributed by atoms with Gasteiger partial charge in [0.05, 0.1) is 5.56 Å². The fourth-order valence-electron chi connectivity index (χ4n) is 2.88. The van der Waals surface area contributed by atoms with E-state index in [1.807, 2.05) is 30.3 Å². The van der Waals surface area contributed by atoms with Gasteiger partial charge in [0.1, 0.15) is 5.75 Å². The molecule has 1 saturated heterocycles. The first-order valence-electron chi connectivity index (χ1n) is 7.45. The fraction of sp³-hybridized carbons (Fsp3) is 0.353. The molecular formula is C17H20N2O2. The molecule has 2 aromatic carbocycles. The second-order valence-electron chi connectivity index (χ2n) is 5.59. The predicted molar refractivity (Wildman–Crippen MR) is 83.5 cm³/mol. The lowest BCUT2D eigenvalue weighted by atomic mass is 10.0. The van der Waals surface area contributed by atoms with Crippen LogP contribution in [0.4, 0.5) is 0 Å². The number of hydrogen-bond acceptors (Lipinski definition) is 3. The molecule has 1 heterocycles. The van der Waals surface area contributed by atoms with Crippen molar-refractivity contribution in [2.45, 2.75) is 12.8 Å². The molecular weight excluding hydrogens is 264 g/mol. The summed E-state index contributed by atoms with van der Waals surface area (Å²) in [5.74, 6) is 0.507. The Balaban J connectivity index is 1.68. The minimum atomic E-state index is -0.204. The zero-order chi connectivity index (χ0) is 14.7. The number of fused-ring (bicyclic) bond motifs is 1. The predicted octanol–water partition coefficient (Wildman–Crippen LogP) is 2.27. The van der Waals surface area contributed by atoms with Gasteiger partial charge in [0.25, 0.3) is 5.91 Å². The Bertz CT molecular complexity index is 648. The Labute approximate surface area is 124 Å². The summed E-state index contributed by atoms with van der Waals surface area (Å²) < 4.78 is 0. The van der Waals surface area contributed by atoms with Gasteiger partial charge in [-0.25, -0.2) is 0 Å². The molecule has 3 N–H and O–H groups in total. The highest BCUT2D eigenvalue weighted by molar-refractivity contribution is 6.03. The maximum Gasteiger partial charge on any atom is 0.255 e. The van der Waals surface area contributed by atoms with E-state index in [9.17, 15) is 9.90 Å². The third-order valence-corrected chi connectivity index (χ3v) is 4.15. The molecule has 0 saturated carbocycles. The number of aromatic hydroxyl groups is 1. The number of amides is 1. The molecule has 0 radical (unpaired) electrons. The minimum Gasteiger partial charge on any atom is -0.506 e. The van der Waals surface area contributed by atoms with Crippen LogP contribution < -0.4 is 10.6 Å². The molecule has 0 aromatic heterocycles. The third-order valence-electron chi connectivity index (χ3n) is 4.15. The van der Waals surface area contributed by atoms with Gasteiger partial charge >= 0.3 is 0 Å². The zero-order valence-corrected chi connectivity index (χ0v) is 11.9. The van der Waals surface area contributed by atoms with Gasteiger partial charge in [-0.15, -0.1) is 0 Å². The Kier molecular flexibility index (Phi) is 4.06. The lowest BCUT2D eigenvalue weighted by Crippen LogP contribution is -2.26. The molecule has 1 atom stereocenters. The first-order valence-corrected chi connectivity index (χ1v) is 7.45. The van der Waals surface area contributed by atoms with Gasteiger partial charge in [-0.05, 0) is 43.3 Å². The quantitative estimate of drug-likeness (QED) is 0.807. The summed E-state index contributed by atoms with van der Waals surface area (Å²) >= 11 is 0. The van der Waals surface area contributed by atoms with Gasteiger partial charge < -0.3 is 15.7 Å². The molecule has 0 aliphatic carbocycles. The van der Waals surface area contributed by atoms with Crippen molar-refractivity contribution in [3.63, 3.8) is 0 Å². The highest BCUT2D eigenvalue weighted by Crippen LogP contribution is 2.28. The van der Waals surface area contributed by atoms with Crippen LogP contribution in [-0.4, -0.2) is 30.6 Å². The van der Waals surface area contributed by atoms with Crippen molar-refractivity contribution in [2.75, 3.05) is 19.6 Å². The summed E-state index contributed by atoms with van der Waals surface area (Å²) in [5.41, 5.74) is 0.346. The topological polar surface area (TPSA) is 61.4 Å². The highest BCUT2D eigenvalue weighted by Gasteiger charge is 2.16. The first kappa shape index (κ1) is 13.9. The second kappa shape index (κ2) is 6.14. The van der Waals surface area contributed by atoms with E-state index in [-0.39, 0.29) is 11.7 Å². The normalized spacial score (nSPS) is 18.0. The van der Waals surface area contributed by atoms with Crippen molar-refractivity contribution in [1.82, 2.24) is 10.6 Å². The number of carbonyl (C=O) groups excluding carboxylic acids is 1. The molecule has 0 bridgehead atoms. The number of rotatable bonds is 4. The Morgan fingerprint density at radius 3 is 2.95 bits per heavy atom. The summed E-state index contributed by atoms with van der Waals surface area (Å²) in [6.07, 6.45) is 2.16. The standard InChI is InChI=1S/C17H20N2O2/c20-16-14-4-2-1-3-13(14)5-6-15(16)17(21)19-10-8-12-7-9-18-11-12/h1-6,12,18,20H,7-11H2,(H,19,21). The van der Waals surface area contributed by atoms with E-state index < -0.39 is 0 Å². The van der Waals surface area contributed by atoms with E-state index >= 15 is 0 Å². The molecule has 110 valence electrons. The molecule has 0 spiro atoms. The number of phenolic OH excluding ortho intramolecular Hbond substituents is 1. The molecule has 1 fully saturated rings. The number of phenols is 1. The van der Waals surface area contributed by atoms with Gasteiger partial charge in [-0.2, -0.15) is 0 Å². The molecule has 4 heteroatoms. The molecule has 2 aromatic rings. The molecule has 21 heavy (non-hydrogen) atoms. The first-order chi connectivity index (χ1) is 10.3. The van der Waals surface area contributed by atoms with E-state index in [2.05, 4.69) is 10.6 Å². The van der Waals surface area contributed by atoms with Gasteiger partial charge in [0.2, 0.25) is 0 Å². The van der Waals surface area contributed by atoms with Crippen LogP contribution in [0.1, 0.15) is 23.2 Å². The van der Waals surface area contributed by atoms with Crippen molar-refractivity contribution in [2.24, 2.45) is 5.92 Å². The molecule has 1 amide bonds. The van der Waals surface area contributed by atoms with Gasteiger partial charge in [0, 0.05) is 11.9 Å². The van der Waals surface area contributed by atoms with Crippen molar-refractivity contribution in [3.8, 4) is 5.75 Å². The lowest BCUT2D eigenvalue weighted by Gasteiger charge is -2.11. The van der Waals surface area contributed by atoms with Crippen molar-refractivity contribution in [3.05, 3.63) is 42.0 Å². The summed E-state index contributed by atoms with van der Waals surface area (Å²) in [6.45, 7) is 2.76. The van der Waals surface area contributed by atoms with Crippen LogP contribution >= 0.6 is 0 Å². The number of hydrogen-bond donors (Lipinski definition) is 3. The Hall–Kier alpha value is -2.07. The minimum absolute atomic E-state index is 0.0631. The lowest BCUT2D eigenvalue weighted by molar-refractivity contribution is 0.0949. The maximum atomic E-state index is 12.2. The highest BCUT2D eigenvalue weighted by atomic mass is 16.3. The van der Waals surface area contributed by atoms with Crippen LogP contribution in [0.25, 0.3) is 10.8 Å². The van der Waals surface area contributed by atoms with Gasteiger partial charge in [0.15, 0.2) is 0 Å². The van der Waals surface area contributed by atoms with Crippen LogP contribution in [0.5, 0.6) is 5.75 Å².